The van der Waals surface area contributed by atoms with Gasteiger partial charge in [-0.25, -0.2) is 4.68 Å². The molecule has 1 amide bonds. The van der Waals surface area contributed by atoms with Gasteiger partial charge in [-0.15, -0.1) is 0 Å². The number of anilines is 1. The number of nitrogens with one attached hydrogen (secondary N) is 1. The molecule has 0 aliphatic rings. The average molecular weight is 288 g/mol. The number of amides is 1. The Morgan fingerprint density at radius 2 is 2.19 bits per heavy atom. The fraction of sp³-hybridized carbons (Fsp3) is 0.333. The summed E-state index contributed by atoms with van der Waals surface area (Å²) in [5.41, 5.74) is 7.46. The third-order valence-corrected chi connectivity index (χ3v) is 3.27. The lowest BCUT2D eigenvalue weighted by molar-refractivity contribution is 0.0891. The Morgan fingerprint density at radius 1 is 1.43 bits per heavy atom. The molecule has 1 heterocycles. The number of carbonyl (C=O) groups excluding carboxylic acids is 1. The number of hydrogen-bond acceptors (Lipinski definition) is 4. The number of nitrogen functional groups attached to an aromatic ring is 1. The molecule has 0 aliphatic carbocycles. The smallest absolute Gasteiger partial charge is 0.272 e. The van der Waals surface area contributed by atoms with Crippen LogP contribution in [0, 0.1) is 5.92 Å². The van der Waals surface area contributed by atoms with Gasteiger partial charge in [0.1, 0.15) is 0 Å². The number of nitrogens with two attached hydrogens (primary N) is 1. The number of benzene rings is 1. The molecule has 6 heteroatoms. The molecule has 4 N–H and O–H groups in total. The van der Waals surface area contributed by atoms with E-state index >= 15 is 0 Å². The maximum Gasteiger partial charge on any atom is 0.272 e. The average Bonchev–Trinajstić information content (AvgIpc) is 2.94. The topological polar surface area (TPSA) is 93.2 Å². The summed E-state index contributed by atoms with van der Waals surface area (Å²) < 4.78 is 1.59. The number of nitrogens with zero attached hydrogens (tertiary/aromatic N) is 2. The summed E-state index contributed by atoms with van der Waals surface area (Å²) in [5.74, 6) is -0.152. The first-order chi connectivity index (χ1) is 10.0. The lowest BCUT2D eigenvalue weighted by Gasteiger charge is -2.19. The fourth-order valence-electron chi connectivity index (χ4n) is 1.92. The highest BCUT2D eigenvalue weighted by Gasteiger charge is 2.18. The molecule has 0 saturated heterocycles. The van der Waals surface area contributed by atoms with Crippen molar-refractivity contribution in [2.45, 2.75) is 19.9 Å². The summed E-state index contributed by atoms with van der Waals surface area (Å²) in [5, 5.41) is 16.3. The lowest BCUT2D eigenvalue weighted by Crippen LogP contribution is -2.41. The van der Waals surface area contributed by atoms with E-state index in [0.717, 1.165) is 5.69 Å². The summed E-state index contributed by atoms with van der Waals surface area (Å²) in [6.45, 7) is 3.78. The minimum atomic E-state index is -0.301. The van der Waals surface area contributed by atoms with E-state index in [2.05, 4.69) is 10.4 Å². The molecule has 0 saturated carbocycles. The van der Waals surface area contributed by atoms with E-state index in [0.29, 0.717) is 11.4 Å². The van der Waals surface area contributed by atoms with Crippen LogP contribution < -0.4 is 11.1 Å². The Balaban J connectivity index is 2.14. The Bertz CT molecular complexity index is 622. The third kappa shape index (κ3) is 3.61. The van der Waals surface area contributed by atoms with Gasteiger partial charge in [0.2, 0.25) is 0 Å². The van der Waals surface area contributed by atoms with Crippen LogP contribution in [-0.2, 0) is 0 Å². The standard InChI is InChI=1S/C15H20N4O2/c1-10(2)14(9-20)17-15(21)13-6-7-19(18-13)12-5-3-4-11(16)8-12/h3-8,10,14,20H,9,16H2,1-2H3,(H,17,21)/t14-/m1/s1. The normalized spacial score (nSPS) is 12.4. The first-order valence-corrected chi connectivity index (χ1v) is 6.84. The van der Waals surface area contributed by atoms with Crippen molar-refractivity contribution in [3.05, 3.63) is 42.2 Å². The maximum atomic E-state index is 12.1. The van der Waals surface area contributed by atoms with Crippen molar-refractivity contribution in [2.75, 3.05) is 12.3 Å². The minimum absolute atomic E-state index is 0.0979. The van der Waals surface area contributed by atoms with Gasteiger partial charge in [-0.3, -0.25) is 4.79 Å². The number of carbonyl (C=O) groups is 1. The zero-order valence-corrected chi connectivity index (χ0v) is 12.2. The molecule has 0 radical (unpaired) electrons. The number of aliphatic hydroxyl groups is 1. The summed E-state index contributed by atoms with van der Waals surface area (Å²) in [6, 6.07) is 8.60. The van der Waals surface area contributed by atoms with Gasteiger partial charge in [-0.1, -0.05) is 19.9 Å². The minimum Gasteiger partial charge on any atom is -0.399 e. The van der Waals surface area contributed by atoms with E-state index in [4.69, 9.17) is 5.73 Å². The Kier molecular flexibility index (Phi) is 4.59. The highest BCUT2D eigenvalue weighted by molar-refractivity contribution is 5.92. The van der Waals surface area contributed by atoms with Gasteiger partial charge in [0.15, 0.2) is 5.69 Å². The predicted molar refractivity (Wildman–Crippen MR) is 81.2 cm³/mol. The van der Waals surface area contributed by atoms with Crippen LogP contribution in [0.3, 0.4) is 0 Å². The van der Waals surface area contributed by atoms with Crippen LogP contribution in [0.1, 0.15) is 24.3 Å². The number of hydrogen-bond donors (Lipinski definition) is 3. The zero-order valence-electron chi connectivity index (χ0n) is 12.2. The van der Waals surface area contributed by atoms with Gasteiger partial charge in [0.25, 0.3) is 5.91 Å². The van der Waals surface area contributed by atoms with Crippen LogP contribution in [0.15, 0.2) is 36.5 Å². The van der Waals surface area contributed by atoms with Crippen molar-refractivity contribution in [1.82, 2.24) is 15.1 Å². The Morgan fingerprint density at radius 3 is 2.81 bits per heavy atom. The molecule has 0 spiro atoms. The van der Waals surface area contributed by atoms with Gasteiger partial charge in [-0.05, 0) is 30.2 Å². The van der Waals surface area contributed by atoms with Gasteiger partial charge in [0.05, 0.1) is 18.3 Å². The molecule has 1 aromatic carbocycles. The van der Waals surface area contributed by atoms with E-state index in [1.165, 1.54) is 0 Å². The van der Waals surface area contributed by atoms with E-state index in [1.807, 2.05) is 26.0 Å². The number of aromatic nitrogens is 2. The highest BCUT2D eigenvalue weighted by atomic mass is 16.3. The SMILES string of the molecule is CC(C)[C@@H](CO)NC(=O)c1ccn(-c2cccc(N)c2)n1. The molecule has 0 unspecified atom stereocenters. The Hall–Kier alpha value is -2.34. The highest BCUT2D eigenvalue weighted by Crippen LogP contribution is 2.12. The summed E-state index contributed by atoms with van der Waals surface area (Å²) in [6.07, 6.45) is 1.70. The van der Waals surface area contributed by atoms with Crippen LogP contribution in [0.4, 0.5) is 5.69 Å². The van der Waals surface area contributed by atoms with Crippen LogP contribution in [0.25, 0.3) is 5.69 Å². The monoisotopic (exact) mass is 288 g/mol. The molecule has 1 aromatic heterocycles. The molecule has 0 bridgehead atoms. The maximum absolute atomic E-state index is 12.1. The van der Waals surface area contributed by atoms with Gasteiger partial charge in [-0.2, -0.15) is 5.10 Å². The second kappa shape index (κ2) is 6.41. The largest absolute Gasteiger partial charge is 0.399 e. The molecule has 2 aromatic rings. The lowest BCUT2D eigenvalue weighted by atomic mass is 10.1. The fourth-order valence-corrected chi connectivity index (χ4v) is 1.92. The van der Waals surface area contributed by atoms with Crippen molar-refractivity contribution in [2.24, 2.45) is 5.92 Å². The second-order valence-corrected chi connectivity index (χ2v) is 5.25. The number of rotatable bonds is 5. The van der Waals surface area contributed by atoms with Crippen molar-refractivity contribution in [3.8, 4) is 5.69 Å². The predicted octanol–water partition coefficient (Wildman–Crippen LogP) is 1.20. The van der Waals surface area contributed by atoms with Crippen molar-refractivity contribution >= 4 is 11.6 Å². The van der Waals surface area contributed by atoms with Gasteiger partial charge >= 0.3 is 0 Å². The second-order valence-electron chi connectivity index (χ2n) is 5.25. The van der Waals surface area contributed by atoms with Gasteiger partial charge < -0.3 is 16.2 Å². The molecule has 2 rings (SSSR count). The van der Waals surface area contributed by atoms with E-state index in [1.54, 1.807) is 29.1 Å². The molecule has 0 aliphatic heterocycles. The number of aliphatic hydroxyl groups excluding tert-OH is 1. The quantitative estimate of drug-likeness (QED) is 0.721. The van der Waals surface area contributed by atoms with Crippen molar-refractivity contribution in [3.63, 3.8) is 0 Å². The van der Waals surface area contributed by atoms with E-state index in [9.17, 15) is 9.90 Å². The van der Waals surface area contributed by atoms with E-state index < -0.39 is 0 Å². The first kappa shape index (κ1) is 15.1. The Labute approximate surface area is 123 Å². The van der Waals surface area contributed by atoms with E-state index in [-0.39, 0.29) is 24.5 Å². The third-order valence-electron chi connectivity index (χ3n) is 3.27. The van der Waals surface area contributed by atoms with Crippen molar-refractivity contribution < 1.29 is 9.90 Å². The molecule has 21 heavy (non-hydrogen) atoms. The van der Waals surface area contributed by atoms with Crippen LogP contribution in [-0.4, -0.2) is 33.4 Å². The van der Waals surface area contributed by atoms with Gasteiger partial charge in [0, 0.05) is 11.9 Å². The molecule has 0 fully saturated rings. The first-order valence-electron chi connectivity index (χ1n) is 6.84. The zero-order chi connectivity index (χ0) is 15.4. The molecule has 6 nitrogen and oxygen atoms in total. The van der Waals surface area contributed by atoms with Crippen LogP contribution in [0.2, 0.25) is 0 Å². The van der Waals surface area contributed by atoms with Crippen molar-refractivity contribution in [1.29, 1.82) is 0 Å². The summed E-state index contributed by atoms with van der Waals surface area (Å²) in [7, 11) is 0. The van der Waals surface area contributed by atoms with Crippen LogP contribution >= 0.6 is 0 Å². The van der Waals surface area contributed by atoms with Crippen LogP contribution in [0.5, 0.6) is 0 Å². The molecule has 112 valence electrons. The molecular formula is C15H20N4O2. The molecular weight excluding hydrogens is 268 g/mol. The molecule has 1 atom stereocenters. The summed E-state index contributed by atoms with van der Waals surface area (Å²) in [4.78, 5) is 12.1. The summed E-state index contributed by atoms with van der Waals surface area (Å²) >= 11 is 0.